The number of benzene rings is 3. The fourth-order valence-electron chi connectivity index (χ4n) is 5.22. The van der Waals surface area contributed by atoms with Crippen LogP contribution in [0.15, 0.2) is 72.8 Å². The lowest BCUT2D eigenvalue weighted by Crippen LogP contribution is -2.43. The maximum Gasteiger partial charge on any atom is 0.416 e. The molecule has 0 spiro atoms. The van der Waals surface area contributed by atoms with Crippen molar-refractivity contribution in [2.45, 2.75) is 30.8 Å². The van der Waals surface area contributed by atoms with Gasteiger partial charge >= 0.3 is 6.18 Å². The van der Waals surface area contributed by atoms with Crippen LogP contribution in [0.4, 0.5) is 34.6 Å². The molecule has 2 amide bonds. The second kappa shape index (κ2) is 12.9. The number of ether oxygens (including phenoxy) is 1. The predicted molar refractivity (Wildman–Crippen MR) is 155 cm³/mol. The van der Waals surface area contributed by atoms with Crippen molar-refractivity contribution >= 4 is 35.0 Å². The first kappa shape index (κ1) is 30.2. The van der Waals surface area contributed by atoms with Crippen molar-refractivity contribution < 1.29 is 31.9 Å². The average molecular weight is 598 g/mol. The molecule has 5 N–H and O–H groups in total. The van der Waals surface area contributed by atoms with Crippen LogP contribution in [-0.4, -0.2) is 55.1 Å². The Morgan fingerprint density at radius 3 is 2.47 bits per heavy atom. The second-order valence-electron chi connectivity index (χ2n) is 10.5. The van der Waals surface area contributed by atoms with Crippen molar-refractivity contribution in [2.75, 3.05) is 42.6 Å². The third-order valence-corrected chi connectivity index (χ3v) is 7.49. The molecule has 1 unspecified atom stereocenters. The molecule has 2 saturated heterocycles. The highest BCUT2D eigenvalue weighted by Gasteiger charge is 2.38. The zero-order chi connectivity index (χ0) is 30.6. The lowest BCUT2D eigenvalue weighted by atomic mass is 10.0. The van der Waals surface area contributed by atoms with E-state index in [1.807, 2.05) is 0 Å². The van der Waals surface area contributed by atoms with Gasteiger partial charge < -0.3 is 26.4 Å². The van der Waals surface area contributed by atoms with Gasteiger partial charge in [0.15, 0.2) is 0 Å². The summed E-state index contributed by atoms with van der Waals surface area (Å²) in [5.41, 5.74) is 6.52. The summed E-state index contributed by atoms with van der Waals surface area (Å²) in [4.78, 5) is 27.9. The number of nitrogens with one attached hydrogen (secondary N) is 3. The van der Waals surface area contributed by atoms with E-state index in [4.69, 9.17) is 10.5 Å². The van der Waals surface area contributed by atoms with Crippen molar-refractivity contribution in [3.05, 3.63) is 95.3 Å². The van der Waals surface area contributed by atoms with Crippen molar-refractivity contribution in [3.8, 4) is 0 Å². The van der Waals surface area contributed by atoms with Crippen LogP contribution in [0.3, 0.4) is 0 Å². The molecule has 2 fully saturated rings. The molecule has 2 aliphatic heterocycles. The van der Waals surface area contributed by atoms with E-state index in [0.717, 1.165) is 25.1 Å². The summed E-state index contributed by atoms with van der Waals surface area (Å²) in [5, 5.41) is 8.33. The van der Waals surface area contributed by atoms with Crippen molar-refractivity contribution in [1.82, 2.24) is 10.2 Å². The summed E-state index contributed by atoms with van der Waals surface area (Å²) in [6, 6.07) is 15.1. The number of halogens is 4. The molecule has 0 aromatic heterocycles. The van der Waals surface area contributed by atoms with Gasteiger partial charge in [0.25, 0.3) is 0 Å². The Morgan fingerprint density at radius 2 is 1.81 bits per heavy atom. The molecule has 0 aliphatic carbocycles. The van der Waals surface area contributed by atoms with Gasteiger partial charge in [-0.05, 0) is 54.0 Å². The lowest BCUT2D eigenvalue weighted by molar-refractivity contribution is -0.137. The largest absolute Gasteiger partial charge is 0.416 e. The van der Waals surface area contributed by atoms with Gasteiger partial charge in [0, 0.05) is 31.8 Å². The van der Waals surface area contributed by atoms with E-state index >= 15 is 0 Å². The van der Waals surface area contributed by atoms with Gasteiger partial charge in [-0.3, -0.25) is 14.5 Å². The van der Waals surface area contributed by atoms with Gasteiger partial charge in [0.2, 0.25) is 11.8 Å². The predicted octanol–water partition coefficient (Wildman–Crippen LogP) is 4.82. The highest BCUT2D eigenvalue weighted by Crippen LogP contribution is 2.32. The number of nitrogens with two attached hydrogens (primary N) is 1. The quantitative estimate of drug-likeness (QED) is 0.152. The molecule has 2 heterocycles. The number of hydrogen-bond acceptors (Lipinski definition) is 6. The number of carbonyl (C=O) groups is 2. The molecule has 8 nitrogen and oxygen atoms in total. The van der Waals surface area contributed by atoms with Crippen LogP contribution in [0, 0.1) is 5.82 Å². The Kier molecular flexibility index (Phi) is 9.09. The van der Waals surface area contributed by atoms with E-state index in [2.05, 4.69) is 20.9 Å². The first-order chi connectivity index (χ1) is 20.6. The van der Waals surface area contributed by atoms with Gasteiger partial charge in [-0.2, -0.15) is 13.2 Å². The van der Waals surface area contributed by atoms with Crippen LogP contribution in [0.2, 0.25) is 0 Å². The molecule has 3 atom stereocenters. The van der Waals surface area contributed by atoms with Crippen LogP contribution < -0.4 is 21.7 Å². The van der Waals surface area contributed by atoms with E-state index in [9.17, 15) is 27.2 Å². The topological polar surface area (TPSA) is 109 Å². The third-order valence-electron chi connectivity index (χ3n) is 7.49. The summed E-state index contributed by atoms with van der Waals surface area (Å²) >= 11 is 0. The minimum absolute atomic E-state index is 0.222. The minimum atomic E-state index is -4.71. The number of hydrogen-bond donors (Lipinski definition) is 4. The van der Waals surface area contributed by atoms with E-state index < -0.39 is 29.5 Å². The van der Waals surface area contributed by atoms with Crippen LogP contribution in [0.1, 0.15) is 29.2 Å². The summed E-state index contributed by atoms with van der Waals surface area (Å²) in [6.45, 7) is 2.57. The number of nitrogen functional groups attached to an aromatic ring is 1. The molecule has 0 radical (unpaired) electrons. The maximum absolute atomic E-state index is 14.5. The van der Waals surface area contributed by atoms with E-state index in [-0.39, 0.29) is 17.7 Å². The number of morpholine rings is 1. The second-order valence-corrected chi connectivity index (χ2v) is 10.5. The first-order valence-corrected chi connectivity index (χ1v) is 13.8. The zero-order valence-electron chi connectivity index (χ0n) is 23.0. The molecule has 12 heteroatoms. The highest BCUT2D eigenvalue weighted by molar-refractivity contribution is 6.03. The van der Waals surface area contributed by atoms with E-state index in [1.165, 1.54) is 6.08 Å². The molecule has 3 aromatic rings. The first-order valence-electron chi connectivity index (χ1n) is 13.8. The molecule has 2 aliphatic rings. The molecule has 226 valence electrons. The Balaban J connectivity index is 1.27. The number of anilines is 3. The average Bonchev–Trinajstić information content (AvgIpc) is 3.60. The number of likely N-dealkylation sites (tertiary alicyclic amines) is 1. The van der Waals surface area contributed by atoms with Crippen LogP contribution in [0.25, 0.3) is 6.08 Å². The van der Waals surface area contributed by atoms with Gasteiger partial charge in [0.05, 0.1) is 35.3 Å². The maximum atomic E-state index is 14.5. The summed E-state index contributed by atoms with van der Waals surface area (Å²) in [7, 11) is 0. The molecular weight excluding hydrogens is 566 g/mol. The molecule has 2 bridgehead atoms. The summed E-state index contributed by atoms with van der Waals surface area (Å²) in [5.74, 6) is -2.19. The number of carbonyl (C=O) groups excluding carboxylic acids is 2. The number of rotatable bonds is 10. The van der Waals surface area contributed by atoms with Gasteiger partial charge in [0.1, 0.15) is 11.9 Å². The normalized spacial score (nSPS) is 19.1. The van der Waals surface area contributed by atoms with Crippen molar-refractivity contribution in [2.24, 2.45) is 0 Å². The monoisotopic (exact) mass is 597 g/mol. The number of fused-ring (bicyclic) bond motifs is 2. The molecule has 5 rings (SSSR count). The van der Waals surface area contributed by atoms with E-state index in [1.54, 1.807) is 54.6 Å². The van der Waals surface area contributed by atoms with Crippen LogP contribution in [0.5, 0.6) is 0 Å². The van der Waals surface area contributed by atoms with Crippen molar-refractivity contribution in [1.29, 1.82) is 0 Å². The zero-order valence-corrected chi connectivity index (χ0v) is 23.0. The van der Waals surface area contributed by atoms with Crippen LogP contribution in [-0.2, 0) is 20.5 Å². The standard InChI is InChI=1S/C31H31F4N5O3/c32-24-15-21(31(33,34)35)10-11-26(24)39-30(42)29(37-13-14-40-17-23-16-22(40)18-43-23)20-8-5-19(6-9-20)7-12-28(41)38-27-4-2-1-3-25(27)36/h1-12,15,22-23,29,37H,13-14,16-18,36H2,(H,38,41)(H,39,42)/t22-,23-,29?/m0/s1. The number of nitrogens with zero attached hydrogens (tertiary/aromatic N) is 1. The highest BCUT2D eigenvalue weighted by atomic mass is 19.4. The molecule has 3 aromatic carbocycles. The minimum Gasteiger partial charge on any atom is -0.397 e. The number of amides is 2. The fraction of sp³-hybridized carbons (Fsp3) is 0.290. The molecular formula is C31H31F4N5O3. The lowest BCUT2D eigenvalue weighted by Gasteiger charge is -2.27. The van der Waals surface area contributed by atoms with Gasteiger partial charge in [-0.15, -0.1) is 0 Å². The van der Waals surface area contributed by atoms with E-state index in [0.29, 0.717) is 54.3 Å². The smallest absolute Gasteiger partial charge is 0.397 e. The Hall–Kier alpha value is -4.26. The SMILES string of the molecule is Nc1ccccc1NC(=O)C=Cc1ccc(C(NCCN2C[C@@H]3C[C@H]2CO3)C(=O)Nc2ccc(C(F)(F)F)cc2F)cc1. The Labute approximate surface area is 245 Å². The Morgan fingerprint density at radius 1 is 1.05 bits per heavy atom. The molecule has 43 heavy (non-hydrogen) atoms. The Bertz CT molecular complexity index is 1500. The fourth-order valence-corrected chi connectivity index (χ4v) is 5.22. The van der Waals surface area contributed by atoms with Crippen LogP contribution >= 0.6 is 0 Å². The van der Waals surface area contributed by atoms with Gasteiger partial charge in [-0.1, -0.05) is 36.4 Å². The number of para-hydroxylation sites is 2. The van der Waals surface area contributed by atoms with Gasteiger partial charge in [-0.25, -0.2) is 4.39 Å². The third kappa shape index (κ3) is 7.58. The number of alkyl halides is 3. The van der Waals surface area contributed by atoms with Crippen molar-refractivity contribution in [3.63, 3.8) is 0 Å². The molecule has 0 saturated carbocycles. The summed E-state index contributed by atoms with van der Waals surface area (Å²) in [6.07, 6.45) is -0.560. The summed E-state index contributed by atoms with van der Waals surface area (Å²) < 4.78 is 59.1.